The predicted molar refractivity (Wildman–Crippen MR) is 108 cm³/mol. The first-order valence-corrected chi connectivity index (χ1v) is 10.0. The van der Waals surface area contributed by atoms with Gasteiger partial charge in [-0.05, 0) is 36.6 Å². The van der Waals surface area contributed by atoms with Crippen LogP contribution in [0.2, 0.25) is 0 Å². The molecule has 3 aromatic rings. The van der Waals surface area contributed by atoms with Crippen LogP contribution >= 0.6 is 11.3 Å². The van der Waals surface area contributed by atoms with Crippen LogP contribution in [0.4, 0.5) is 18.9 Å². The first kappa shape index (κ1) is 20.2. The van der Waals surface area contributed by atoms with E-state index in [-0.39, 0.29) is 6.54 Å². The topological polar surface area (TPSA) is 49.4 Å². The Balaban J connectivity index is 1.90. The number of aryl methyl sites for hydroxylation is 1. The second-order valence-electron chi connectivity index (χ2n) is 7.03. The minimum atomic E-state index is -4.69. The van der Waals surface area contributed by atoms with Gasteiger partial charge in [-0.2, -0.15) is 13.2 Å². The number of carbonyl (C=O) groups excluding carboxylic acids is 2. The molecule has 154 valence electrons. The van der Waals surface area contributed by atoms with Gasteiger partial charge in [0.15, 0.2) is 0 Å². The van der Waals surface area contributed by atoms with Gasteiger partial charge in [-0.15, -0.1) is 11.3 Å². The van der Waals surface area contributed by atoms with E-state index < -0.39 is 35.2 Å². The number of hydrogen-bond acceptors (Lipinski definition) is 3. The monoisotopic (exact) mass is 430 g/mol. The van der Waals surface area contributed by atoms with Crippen LogP contribution in [0, 0.1) is 6.92 Å². The molecule has 4 rings (SSSR count). The molecule has 0 spiro atoms. The lowest BCUT2D eigenvalue weighted by atomic mass is 9.98. The highest BCUT2D eigenvalue weighted by atomic mass is 32.1. The summed E-state index contributed by atoms with van der Waals surface area (Å²) < 4.78 is 40.6. The average molecular weight is 430 g/mol. The Morgan fingerprint density at radius 1 is 1.13 bits per heavy atom. The molecule has 0 saturated heterocycles. The van der Waals surface area contributed by atoms with Crippen molar-refractivity contribution in [1.29, 1.82) is 0 Å². The van der Waals surface area contributed by atoms with Crippen molar-refractivity contribution in [2.75, 3.05) is 11.9 Å². The lowest BCUT2D eigenvalue weighted by Crippen LogP contribution is -2.39. The van der Waals surface area contributed by atoms with Crippen LogP contribution in [0.25, 0.3) is 0 Å². The number of amides is 2. The van der Waals surface area contributed by atoms with E-state index in [0.717, 1.165) is 22.6 Å². The zero-order valence-electron chi connectivity index (χ0n) is 15.9. The molecule has 1 aromatic heterocycles. The fourth-order valence-corrected chi connectivity index (χ4v) is 4.49. The molecule has 0 aliphatic carbocycles. The molecule has 1 N–H and O–H groups in total. The number of alkyl halides is 3. The van der Waals surface area contributed by atoms with Gasteiger partial charge < -0.3 is 10.2 Å². The maximum Gasteiger partial charge on any atom is 0.417 e. The van der Waals surface area contributed by atoms with Gasteiger partial charge in [0.2, 0.25) is 5.91 Å². The summed E-state index contributed by atoms with van der Waals surface area (Å²) in [6.07, 6.45) is -4.69. The third kappa shape index (κ3) is 3.70. The van der Waals surface area contributed by atoms with Crippen LogP contribution in [0.15, 0.2) is 60.0 Å². The Labute approximate surface area is 174 Å². The third-order valence-electron chi connectivity index (χ3n) is 4.94. The van der Waals surface area contributed by atoms with E-state index in [2.05, 4.69) is 5.32 Å². The number of carbonyl (C=O) groups is 2. The molecule has 2 aromatic carbocycles. The molecule has 0 fully saturated rings. The fraction of sp³-hybridized carbons (Fsp3) is 0.182. The van der Waals surface area contributed by atoms with Crippen LogP contribution in [0.5, 0.6) is 0 Å². The smallest absolute Gasteiger partial charge is 0.324 e. The third-order valence-corrected chi connectivity index (χ3v) is 5.86. The number of anilines is 1. The van der Waals surface area contributed by atoms with Crippen molar-refractivity contribution in [3.05, 3.63) is 87.1 Å². The molecular formula is C22H17F3N2O2S. The average Bonchev–Trinajstić information content (AvgIpc) is 3.18. The van der Waals surface area contributed by atoms with E-state index in [4.69, 9.17) is 0 Å². The highest BCUT2D eigenvalue weighted by Gasteiger charge is 2.39. The maximum atomic E-state index is 13.5. The minimum Gasteiger partial charge on any atom is -0.324 e. The van der Waals surface area contributed by atoms with Crippen molar-refractivity contribution in [2.45, 2.75) is 19.1 Å². The fourth-order valence-electron chi connectivity index (χ4n) is 3.64. The molecule has 8 heteroatoms. The summed E-state index contributed by atoms with van der Waals surface area (Å²) in [5.74, 6) is -1.30. The van der Waals surface area contributed by atoms with Crippen LogP contribution in [0.3, 0.4) is 0 Å². The second-order valence-corrected chi connectivity index (χ2v) is 8.01. The summed E-state index contributed by atoms with van der Waals surface area (Å²) in [6, 6.07) is 13.0. The number of nitrogens with zero attached hydrogens (tertiary/aromatic N) is 1. The largest absolute Gasteiger partial charge is 0.417 e. The number of hydrogen-bond donors (Lipinski definition) is 1. The zero-order chi connectivity index (χ0) is 21.5. The standard InChI is InChI=1S/C22H17F3N2O2S/c1-13-8-9-17-15(11-13)20(18-7-4-10-30-18)27(12-19(28)26-17)21(29)14-5-2-3-6-16(14)22(23,24)25/h2-11,20H,12H2,1H3,(H,26,28). The molecule has 0 saturated carbocycles. The van der Waals surface area contributed by atoms with Gasteiger partial charge in [0.25, 0.3) is 5.91 Å². The summed E-state index contributed by atoms with van der Waals surface area (Å²) in [5.41, 5.74) is 0.628. The van der Waals surface area contributed by atoms with Gasteiger partial charge in [-0.25, -0.2) is 0 Å². The first-order valence-electron chi connectivity index (χ1n) is 9.16. The van der Waals surface area contributed by atoms with E-state index >= 15 is 0 Å². The van der Waals surface area contributed by atoms with E-state index in [1.807, 2.05) is 36.6 Å². The van der Waals surface area contributed by atoms with Gasteiger partial charge >= 0.3 is 6.18 Å². The molecule has 1 atom stereocenters. The Morgan fingerprint density at radius 2 is 1.90 bits per heavy atom. The number of thiophene rings is 1. The Kier molecular flexibility index (Phi) is 5.11. The molecule has 30 heavy (non-hydrogen) atoms. The summed E-state index contributed by atoms with van der Waals surface area (Å²) in [4.78, 5) is 27.9. The second kappa shape index (κ2) is 7.60. The molecule has 2 heterocycles. The molecule has 0 radical (unpaired) electrons. The van der Waals surface area contributed by atoms with Gasteiger partial charge in [0.05, 0.1) is 17.2 Å². The van der Waals surface area contributed by atoms with Crippen LogP contribution in [0.1, 0.15) is 38.0 Å². The molecule has 4 nitrogen and oxygen atoms in total. The summed E-state index contributed by atoms with van der Waals surface area (Å²) >= 11 is 1.38. The van der Waals surface area contributed by atoms with E-state index in [0.29, 0.717) is 11.3 Å². The van der Waals surface area contributed by atoms with Crippen molar-refractivity contribution >= 4 is 28.8 Å². The summed E-state index contributed by atoms with van der Waals surface area (Å²) in [5, 5.41) is 4.60. The quantitative estimate of drug-likeness (QED) is 0.603. The van der Waals surface area contributed by atoms with Gasteiger partial charge in [-0.3, -0.25) is 9.59 Å². The molecule has 1 aliphatic rings. The van der Waals surface area contributed by atoms with Crippen molar-refractivity contribution in [3.8, 4) is 0 Å². The molecule has 1 unspecified atom stereocenters. The lowest BCUT2D eigenvalue weighted by Gasteiger charge is -2.30. The number of rotatable bonds is 2. The van der Waals surface area contributed by atoms with Gasteiger partial charge in [0, 0.05) is 16.1 Å². The number of benzene rings is 2. The Hall–Kier alpha value is -3.13. The molecule has 1 aliphatic heterocycles. The lowest BCUT2D eigenvalue weighted by molar-refractivity contribution is -0.138. The van der Waals surface area contributed by atoms with Gasteiger partial charge in [0.1, 0.15) is 6.54 Å². The number of nitrogens with one attached hydrogen (secondary N) is 1. The Bertz CT molecular complexity index is 1110. The maximum absolute atomic E-state index is 13.5. The van der Waals surface area contributed by atoms with E-state index in [1.54, 1.807) is 6.07 Å². The van der Waals surface area contributed by atoms with Crippen LogP contribution in [-0.4, -0.2) is 23.3 Å². The minimum absolute atomic E-state index is 0.360. The van der Waals surface area contributed by atoms with Crippen LogP contribution in [-0.2, 0) is 11.0 Å². The molecule has 2 amide bonds. The summed E-state index contributed by atoms with van der Waals surface area (Å²) in [7, 11) is 0. The zero-order valence-corrected chi connectivity index (χ0v) is 16.7. The highest BCUT2D eigenvalue weighted by molar-refractivity contribution is 7.10. The predicted octanol–water partition coefficient (Wildman–Crippen LogP) is 5.26. The van der Waals surface area contributed by atoms with Crippen molar-refractivity contribution < 1.29 is 22.8 Å². The van der Waals surface area contributed by atoms with Gasteiger partial charge in [-0.1, -0.05) is 35.9 Å². The van der Waals surface area contributed by atoms with E-state index in [1.165, 1.54) is 28.4 Å². The van der Waals surface area contributed by atoms with Crippen molar-refractivity contribution in [1.82, 2.24) is 4.90 Å². The SMILES string of the molecule is Cc1ccc2c(c1)C(c1cccs1)N(C(=O)c1ccccc1C(F)(F)F)CC(=O)N2. The van der Waals surface area contributed by atoms with Crippen LogP contribution < -0.4 is 5.32 Å². The van der Waals surface area contributed by atoms with Crippen molar-refractivity contribution in [3.63, 3.8) is 0 Å². The number of halogens is 3. The molecule has 0 bridgehead atoms. The first-order chi connectivity index (χ1) is 14.3. The molecular weight excluding hydrogens is 413 g/mol. The highest BCUT2D eigenvalue weighted by Crippen LogP contribution is 2.40. The van der Waals surface area contributed by atoms with E-state index in [9.17, 15) is 22.8 Å². The van der Waals surface area contributed by atoms with Crippen molar-refractivity contribution in [2.24, 2.45) is 0 Å². The summed E-state index contributed by atoms with van der Waals surface area (Å²) in [6.45, 7) is 1.52. The normalized spacial score (nSPS) is 16.6. The number of fused-ring (bicyclic) bond motifs is 1. The Morgan fingerprint density at radius 3 is 2.60 bits per heavy atom.